The van der Waals surface area contributed by atoms with Crippen LogP contribution in [-0.2, 0) is 14.8 Å². The summed E-state index contributed by atoms with van der Waals surface area (Å²) in [7, 11) is -2.73. The molecule has 0 aliphatic heterocycles. The molecule has 0 unspecified atom stereocenters. The van der Waals surface area contributed by atoms with E-state index in [4.69, 9.17) is 0 Å². The number of aliphatic hydroxyl groups is 1. The lowest BCUT2D eigenvalue weighted by molar-refractivity contribution is -0.123. The summed E-state index contributed by atoms with van der Waals surface area (Å²) in [6.07, 6.45) is -0.825. The van der Waals surface area contributed by atoms with Crippen LogP contribution in [0, 0.1) is 17.2 Å². The standard InChI is InChI=1S/C26H30N4O5S2/c1-17(2)12-21(29-26(33)23-13-18-8-4-6-10-22(18)36-23)25(32)28-15-20(31)16-30(3)37(34,35)24-11-7-5-9-19(24)14-27/h4-11,13,17,20-21,31H,12,15-16H2,1-3H3,(H,28,32)(H,29,33)/t20-,21+/m1/s1. The average Bonchev–Trinajstić information content (AvgIpc) is 3.31. The van der Waals surface area contributed by atoms with Gasteiger partial charge in [0.15, 0.2) is 0 Å². The van der Waals surface area contributed by atoms with E-state index in [-0.39, 0.29) is 35.4 Å². The number of aliphatic hydroxyl groups excluding tert-OH is 1. The topological polar surface area (TPSA) is 140 Å². The summed E-state index contributed by atoms with van der Waals surface area (Å²) in [6, 6.07) is 16.2. The predicted octanol–water partition coefficient (Wildman–Crippen LogP) is 2.72. The van der Waals surface area contributed by atoms with Crippen molar-refractivity contribution in [3.8, 4) is 6.07 Å². The van der Waals surface area contributed by atoms with Crippen molar-refractivity contribution in [3.63, 3.8) is 0 Å². The molecule has 9 nitrogen and oxygen atoms in total. The molecule has 1 heterocycles. The molecule has 3 N–H and O–H groups in total. The number of thiophene rings is 1. The van der Waals surface area contributed by atoms with Gasteiger partial charge in [0.25, 0.3) is 5.91 Å². The number of hydrogen-bond donors (Lipinski definition) is 3. The first-order chi connectivity index (χ1) is 17.5. The summed E-state index contributed by atoms with van der Waals surface area (Å²) in [5.74, 6) is -0.716. The first-order valence-corrected chi connectivity index (χ1v) is 14.0. The molecule has 1 aromatic heterocycles. The number of hydrogen-bond acceptors (Lipinski definition) is 7. The van der Waals surface area contributed by atoms with Crippen LogP contribution in [0.25, 0.3) is 10.1 Å². The van der Waals surface area contributed by atoms with Crippen molar-refractivity contribution < 1.29 is 23.1 Å². The van der Waals surface area contributed by atoms with Crippen molar-refractivity contribution >= 4 is 43.3 Å². The summed E-state index contributed by atoms with van der Waals surface area (Å²) in [5, 5.41) is 26.0. The van der Waals surface area contributed by atoms with E-state index >= 15 is 0 Å². The Morgan fingerprint density at radius 3 is 2.49 bits per heavy atom. The maximum atomic E-state index is 12.9. The number of nitrogens with zero attached hydrogens (tertiary/aromatic N) is 2. The molecule has 0 saturated carbocycles. The molecule has 3 aromatic rings. The quantitative estimate of drug-likeness (QED) is 0.340. The maximum Gasteiger partial charge on any atom is 0.262 e. The van der Waals surface area contributed by atoms with E-state index < -0.39 is 28.1 Å². The van der Waals surface area contributed by atoms with Crippen molar-refractivity contribution in [2.24, 2.45) is 5.92 Å². The van der Waals surface area contributed by atoms with E-state index in [9.17, 15) is 28.4 Å². The Bertz CT molecular complexity index is 1380. The Balaban J connectivity index is 1.61. The van der Waals surface area contributed by atoms with Gasteiger partial charge in [-0.05, 0) is 42.0 Å². The molecule has 0 aliphatic carbocycles. The Morgan fingerprint density at radius 2 is 1.81 bits per heavy atom. The van der Waals surface area contributed by atoms with E-state index in [0.29, 0.717) is 11.3 Å². The van der Waals surface area contributed by atoms with Crippen LogP contribution in [0.4, 0.5) is 0 Å². The highest BCUT2D eigenvalue weighted by atomic mass is 32.2. The lowest BCUT2D eigenvalue weighted by Gasteiger charge is -2.23. The summed E-state index contributed by atoms with van der Waals surface area (Å²) in [6.45, 7) is 3.34. The number of nitriles is 1. The minimum absolute atomic E-state index is 0.00282. The Hall–Kier alpha value is -3.30. The number of sulfonamides is 1. The van der Waals surface area contributed by atoms with Crippen molar-refractivity contribution in [2.45, 2.75) is 37.3 Å². The highest BCUT2D eigenvalue weighted by molar-refractivity contribution is 7.89. The summed E-state index contributed by atoms with van der Waals surface area (Å²) in [4.78, 5) is 26.1. The van der Waals surface area contributed by atoms with Crippen LogP contribution in [0.15, 0.2) is 59.5 Å². The Morgan fingerprint density at radius 1 is 1.14 bits per heavy atom. The van der Waals surface area contributed by atoms with Crippen molar-refractivity contribution in [1.82, 2.24) is 14.9 Å². The van der Waals surface area contributed by atoms with Gasteiger partial charge in [-0.3, -0.25) is 9.59 Å². The number of nitrogens with one attached hydrogen (secondary N) is 2. The van der Waals surface area contributed by atoms with Gasteiger partial charge in [-0.15, -0.1) is 11.3 Å². The smallest absolute Gasteiger partial charge is 0.262 e. The molecular weight excluding hydrogens is 512 g/mol. The van der Waals surface area contributed by atoms with Gasteiger partial charge in [-0.25, -0.2) is 8.42 Å². The fourth-order valence-corrected chi connectivity index (χ4v) is 6.09. The van der Waals surface area contributed by atoms with Crippen LogP contribution in [0.5, 0.6) is 0 Å². The fraction of sp³-hybridized carbons (Fsp3) is 0.346. The number of fused-ring (bicyclic) bond motifs is 1. The highest BCUT2D eigenvalue weighted by Crippen LogP contribution is 2.25. The molecule has 2 atom stereocenters. The molecule has 37 heavy (non-hydrogen) atoms. The number of amides is 2. The summed E-state index contributed by atoms with van der Waals surface area (Å²) in [5.41, 5.74) is 0.00282. The van der Waals surface area contributed by atoms with Gasteiger partial charge in [0, 0.05) is 24.8 Å². The second-order valence-corrected chi connectivity index (χ2v) is 12.2. The molecule has 2 aromatic carbocycles. The predicted molar refractivity (Wildman–Crippen MR) is 143 cm³/mol. The molecule has 0 bridgehead atoms. The second kappa shape index (κ2) is 12.3. The van der Waals surface area contributed by atoms with Crippen molar-refractivity contribution in [3.05, 3.63) is 65.0 Å². The van der Waals surface area contributed by atoms with E-state index in [0.717, 1.165) is 14.4 Å². The highest BCUT2D eigenvalue weighted by Gasteiger charge is 2.27. The molecule has 0 saturated heterocycles. The largest absolute Gasteiger partial charge is 0.390 e. The Labute approximate surface area is 220 Å². The first kappa shape index (κ1) is 28.3. The number of carbonyl (C=O) groups is 2. The third-order valence-electron chi connectivity index (χ3n) is 5.65. The molecule has 0 spiro atoms. The first-order valence-electron chi connectivity index (χ1n) is 11.7. The van der Waals surface area contributed by atoms with Crippen LogP contribution < -0.4 is 10.6 Å². The van der Waals surface area contributed by atoms with Gasteiger partial charge in [0.1, 0.15) is 12.1 Å². The summed E-state index contributed by atoms with van der Waals surface area (Å²) >= 11 is 1.34. The minimum Gasteiger partial charge on any atom is -0.390 e. The van der Waals surface area contributed by atoms with Crippen LogP contribution >= 0.6 is 11.3 Å². The average molecular weight is 543 g/mol. The van der Waals surface area contributed by atoms with Gasteiger partial charge in [0.05, 0.1) is 21.4 Å². The molecule has 3 rings (SSSR count). The van der Waals surface area contributed by atoms with Gasteiger partial charge in [0.2, 0.25) is 15.9 Å². The number of likely N-dealkylation sites (N-methyl/N-ethyl adjacent to an activating group) is 1. The third kappa shape index (κ3) is 7.14. The van der Waals surface area contributed by atoms with Gasteiger partial charge in [-0.1, -0.05) is 44.2 Å². The molecule has 0 radical (unpaired) electrons. The molecule has 2 amide bonds. The molecule has 0 aliphatic rings. The van der Waals surface area contributed by atoms with Crippen LogP contribution in [0.2, 0.25) is 0 Å². The van der Waals surface area contributed by atoms with E-state index in [1.165, 1.54) is 36.6 Å². The van der Waals surface area contributed by atoms with Gasteiger partial charge in [-0.2, -0.15) is 9.57 Å². The number of rotatable bonds is 11. The fourth-order valence-electron chi connectivity index (χ4n) is 3.78. The second-order valence-electron chi connectivity index (χ2n) is 9.10. The lowest BCUT2D eigenvalue weighted by Crippen LogP contribution is -2.50. The Kier molecular flexibility index (Phi) is 9.39. The van der Waals surface area contributed by atoms with Crippen molar-refractivity contribution in [1.29, 1.82) is 5.26 Å². The zero-order chi connectivity index (χ0) is 27.2. The monoisotopic (exact) mass is 542 g/mol. The molecule has 0 fully saturated rings. The normalized spacial score (nSPS) is 13.3. The molecule has 11 heteroatoms. The minimum atomic E-state index is -4.02. The SMILES string of the molecule is CC(C)C[C@H](NC(=O)c1cc2ccccc2s1)C(=O)NC[C@@H](O)CN(C)S(=O)(=O)c1ccccc1C#N. The van der Waals surface area contributed by atoms with E-state index in [2.05, 4.69) is 10.6 Å². The third-order valence-corrected chi connectivity index (χ3v) is 8.65. The number of carbonyl (C=O) groups excluding carboxylic acids is 2. The lowest BCUT2D eigenvalue weighted by atomic mass is 10.0. The number of benzene rings is 2. The van der Waals surface area contributed by atoms with E-state index in [1.54, 1.807) is 12.1 Å². The van der Waals surface area contributed by atoms with Crippen molar-refractivity contribution in [2.75, 3.05) is 20.1 Å². The van der Waals surface area contributed by atoms with Crippen LogP contribution in [0.1, 0.15) is 35.5 Å². The van der Waals surface area contributed by atoms with Crippen LogP contribution in [0.3, 0.4) is 0 Å². The van der Waals surface area contributed by atoms with Gasteiger partial charge >= 0.3 is 0 Å². The van der Waals surface area contributed by atoms with Gasteiger partial charge < -0.3 is 15.7 Å². The zero-order valence-corrected chi connectivity index (χ0v) is 22.5. The maximum absolute atomic E-state index is 12.9. The summed E-state index contributed by atoms with van der Waals surface area (Å²) < 4.78 is 27.6. The van der Waals surface area contributed by atoms with E-state index in [1.807, 2.05) is 44.2 Å². The van der Waals surface area contributed by atoms with Crippen LogP contribution in [-0.4, -0.2) is 61.9 Å². The molecular formula is C26H30N4O5S2. The molecule has 196 valence electrons. The zero-order valence-electron chi connectivity index (χ0n) is 20.8.